The van der Waals surface area contributed by atoms with Gasteiger partial charge in [-0.2, -0.15) is 0 Å². The standard InChI is InChI=1S/C10H12O4/c11-9(10(12)13)7-14-6-8-4-2-1-3-5-8/h1-5,9,11H,6-7H2,(H,12,13)/t9-/m1/s1. The van der Waals surface area contributed by atoms with E-state index in [0.29, 0.717) is 6.61 Å². The van der Waals surface area contributed by atoms with E-state index in [0.717, 1.165) is 5.56 Å². The van der Waals surface area contributed by atoms with Gasteiger partial charge in [-0.15, -0.1) is 0 Å². The number of carboxylic acids is 1. The molecule has 0 saturated heterocycles. The Morgan fingerprint density at radius 3 is 2.57 bits per heavy atom. The van der Waals surface area contributed by atoms with Gasteiger partial charge >= 0.3 is 5.97 Å². The van der Waals surface area contributed by atoms with Crippen LogP contribution in [0.4, 0.5) is 0 Å². The quantitative estimate of drug-likeness (QED) is 0.725. The number of aliphatic hydroxyl groups excluding tert-OH is 1. The second-order valence-corrected chi connectivity index (χ2v) is 2.85. The Bertz CT molecular complexity index is 283. The number of aliphatic carboxylic acids is 1. The van der Waals surface area contributed by atoms with Crippen molar-refractivity contribution in [3.05, 3.63) is 35.9 Å². The van der Waals surface area contributed by atoms with Gasteiger partial charge in [0.2, 0.25) is 0 Å². The van der Waals surface area contributed by atoms with Crippen molar-refractivity contribution in [2.45, 2.75) is 12.7 Å². The molecule has 14 heavy (non-hydrogen) atoms. The maximum absolute atomic E-state index is 10.2. The molecule has 0 unspecified atom stereocenters. The minimum absolute atomic E-state index is 0.190. The van der Waals surface area contributed by atoms with E-state index in [4.69, 9.17) is 14.9 Å². The topological polar surface area (TPSA) is 66.8 Å². The molecule has 0 aliphatic carbocycles. The van der Waals surface area contributed by atoms with Crippen LogP contribution in [0.2, 0.25) is 0 Å². The third kappa shape index (κ3) is 3.55. The summed E-state index contributed by atoms with van der Waals surface area (Å²) in [6.45, 7) is 0.120. The van der Waals surface area contributed by atoms with E-state index in [1.54, 1.807) is 0 Å². The van der Waals surface area contributed by atoms with Crippen molar-refractivity contribution in [2.75, 3.05) is 6.61 Å². The SMILES string of the molecule is O=C(O)[C@H](O)COCc1ccccc1. The molecule has 0 aliphatic heterocycles. The number of benzene rings is 1. The van der Waals surface area contributed by atoms with Crippen molar-refractivity contribution < 1.29 is 19.7 Å². The molecule has 1 aromatic rings. The van der Waals surface area contributed by atoms with Crippen molar-refractivity contribution in [1.82, 2.24) is 0 Å². The third-order valence-electron chi connectivity index (χ3n) is 1.67. The lowest BCUT2D eigenvalue weighted by Crippen LogP contribution is -2.25. The summed E-state index contributed by atoms with van der Waals surface area (Å²) in [4.78, 5) is 10.2. The molecule has 0 amide bonds. The first kappa shape index (κ1) is 10.7. The summed E-state index contributed by atoms with van der Waals surface area (Å²) in [5.74, 6) is -1.27. The maximum atomic E-state index is 10.2. The smallest absolute Gasteiger partial charge is 0.334 e. The lowest BCUT2D eigenvalue weighted by molar-refractivity contribution is -0.150. The third-order valence-corrected chi connectivity index (χ3v) is 1.67. The maximum Gasteiger partial charge on any atom is 0.334 e. The molecule has 0 aromatic heterocycles. The van der Waals surface area contributed by atoms with Gasteiger partial charge in [0.1, 0.15) is 0 Å². The monoisotopic (exact) mass is 196 g/mol. The van der Waals surface area contributed by atoms with Crippen LogP contribution in [-0.4, -0.2) is 28.9 Å². The van der Waals surface area contributed by atoms with Crippen LogP contribution in [0.25, 0.3) is 0 Å². The van der Waals surface area contributed by atoms with Gasteiger partial charge in [0.15, 0.2) is 6.10 Å². The predicted octanol–water partition coefficient (Wildman–Crippen LogP) is 0.649. The second-order valence-electron chi connectivity index (χ2n) is 2.85. The molecule has 0 bridgehead atoms. The molecule has 4 nitrogen and oxygen atoms in total. The van der Waals surface area contributed by atoms with E-state index >= 15 is 0 Å². The van der Waals surface area contributed by atoms with E-state index < -0.39 is 12.1 Å². The van der Waals surface area contributed by atoms with Crippen LogP contribution in [0.1, 0.15) is 5.56 Å². The van der Waals surface area contributed by atoms with Gasteiger partial charge in [0.05, 0.1) is 13.2 Å². The number of carboxylic acid groups (broad SMARTS) is 1. The predicted molar refractivity (Wildman–Crippen MR) is 49.7 cm³/mol. The number of ether oxygens (including phenoxy) is 1. The van der Waals surface area contributed by atoms with Crippen molar-refractivity contribution >= 4 is 5.97 Å². The van der Waals surface area contributed by atoms with Gasteiger partial charge < -0.3 is 14.9 Å². The molecule has 0 saturated carbocycles. The molecular weight excluding hydrogens is 184 g/mol. The minimum Gasteiger partial charge on any atom is -0.479 e. The van der Waals surface area contributed by atoms with Gasteiger partial charge in [-0.05, 0) is 5.56 Å². The highest BCUT2D eigenvalue weighted by molar-refractivity contribution is 5.71. The first-order valence-corrected chi connectivity index (χ1v) is 4.22. The highest BCUT2D eigenvalue weighted by atomic mass is 16.5. The number of hydrogen-bond donors (Lipinski definition) is 2. The van der Waals surface area contributed by atoms with Crippen molar-refractivity contribution in [3.8, 4) is 0 Å². The first-order valence-electron chi connectivity index (χ1n) is 4.22. The fraction of sp³-hybridized carbons (Fsp3) is 0.300. The highest BCUT2D eigenvalue weighted by Crippen LogP contribution is 2.00. The molecule has 76 valence electrons. The van der Waals surface area contributed by atoms with E-state index in [-0.39, 0.29) is 6.61 Å². The Morgan fingerprint density at radius 1 is 1.36 bits per heavy atom. The van der Waals surface area contributed by atoms with Gasteiger partial charge in [-0.3, -0.25) is 0 Å². The zero-order chi connectivity index (χ0) is 10.4. The molecule has 1 atom stereocenters. The van der Waals surface area contributed by atoms with Gasteiger partial charge in [-0.1, -0.05) is 30.3 Å². The summed E-state index contributed by atoms with van der Waals surface area (Å²) >= 11 is 0. The zero-order valence-electron chi connectivity index (χ0n) is 7.59. The average Bonchev–Trinajstić information content (AvgIpc) is 2.19. The Morgan fingerprint density at radius 2 is 2.00 bits per heavy atom. The van der Waals surface area contributed by atoms with E-state index in [2.05, 4.69) is 0 Å². The number of aliphatic hydroxyl groups is 1. The molecule has 0 heterocycles. The molecule has 1 rings (SSSR count). The molecule has 0 spiro atoms. The fourth-order valence-electron chi connectivity index (χ4n) is 0.934. The summed E-state index contributed by atoms with van der Waals surface area (Å²) < 4.78 is 5.01. The number of hydrogen-bond acceptors (Lipinski definition) is 3. The van der Waals surface area contributed by atoms with Crippen LogP contribution in [-0.2, 0) is 16.1 Å². The lowest BCUT2D eigenvalue weighted by Gasteiger charge is -2.06. The Balaban J connectivity index is 2.26. The normalized spacial score (nSPS) is 12.4. The number of rotatable bonds is 5. The average molecular weight is 196 g/mol. The number of carbonyl (C=O) groups is 1. The van der Waals surface area contributed by atoms with Crippen molar-refractivity contribution in [3.63, 3.8) is 0 Å². The van der Waals surface area contributed by atoms with E-state index in [9.17, 15) is 4.79 Å². The van der Waals surface area contributed by atoms with Crippen LogP contribution < -0.4 is 0 Å². The summed E-state index contributed by atoms with van der Waals surface area (Å²) in [5.41, 5.74) is 0.949. The van der Waals surface area contributed by atoms with Crippen molar-refractivity contribution in [2.24, 2.45) is 0 Å². The molecule has 1 aromatic carbocycles. The van der Waals surface area contributed by atoms with Crippen LogP contribution >= 0.6 is 0 Å². The minimum atomic E-state index is -1.45. The summed E-state index contributed by atoms with van der Waals surface area (Å²) in [5, 5.41) is 17.2. The second kappa shape index (κ2) is 5.36. The molecule has 0 fully saturated rings. The summed E-state index contributed by atoms with van der Waals surface area (Å²) in [6.07, 6.45) is -1.45. The highest BCUT2D eigenvalue weighted by Gasteiger charge is 2.12. The van der Waals surface area contributed by atoms with Gasteiger partial charge in [-0.25, -0.2) is 4.79 Å². The Hall–Kier alpha value is -1.39. The summed E-state index contributed by atoms with van der Waals surface area (Å²) in [7, 11) is 0. The van der Waals surface area contributed by atoms with Crippen LogP contribution in [0.5, 0.6) is 0 Å². The van der Waals surface area contributed by atoms with Crippen LogP contribution in [0.15, 0.2) is 30.3 Å². The van der Waals surface area contributed by atoms with Crippen molar-refractivity contribution in [1.29, 1.82) is 0 Å². The largest absolute Gasteiger partial charge is 0.479 e. The molecule has 0 radical (unpaired) electrons. The van der Waals surface area contributed by atoms with Gasteiger partial charge in [0, 0.05) is 0 Å². The van der Waals surface area contributed by atoms with E-state index in [1.807, 2.05) is 30.3 Å². The van der Waals surface area contributed by atoms with Gasteiger partial charge in [0.25, 0.3) is 0 Å². The Kier molecular flexibility index (Phi) is 4.10. The zero-order valence-corrected chi connectivity index (χ0v) is 7.59. The summed E-state index contributed by atoms with van der Waals surface area (Å²) in [6, 6.07) is 9.36. The fourth-order valence-corrected chi connectivity index (χ4v) is 0.934. The molecule has 2 N–H and O–H groups in total. The Labute approximate surface area is 81.8 Å². The van der Waals surface area contributed by atoms with E-state index in [1.165, 1.54) is 0 Å². The first-order chi connectivity index (χ1) is 6.70. The lowest BCUT2D eigenvalue weighted by atomic mass is 10.2. The molecular formula is C10H12O4. The van der Waals surface area contributed by atoms with Crippen LogP contribution in [0, 0.1) is 0 Å². The molecule has 4 heteroatoms. The molecule has 0 aliphatic rings. The van der Waals surface area contributed by atoms with Crippen LogP contribution in [0.3, 0.4) is 0 Å².